The lowest BCUT2D eigenvalue weighted by Gasteiger charge is -2.06. The Kier molecular flexibility index (Phi) is 3.87. The molecule has 2 rings (SSSR count). The van der Waals surface area contributed by atoms with Crippen LogP contribution in [0.2, 0.25) is 0 Å². The Morgan fingerprint density at radius 3 is 2.94 bits per heavy atom. The van der Waals surface area contributed by atoms with Gasteiger partial charge in [0, 0.05) is 23.6 Å². The Labute approximate surface area is 106 Å². The van der Waals surface area contributed by atoms with Crippen molar-refractivity contribution in [2.45, 2.75) is 26.3 Å². The molecule has 96 valence electrons. The molecule has 0 saturated carbocycles. The van der Waals surface area contributed by atoms with Crippen molar-refractivity contribution < 1.29 is 14.6 Å². The predicted octanol–water partition coefficient (Wildman–Crippen LogP) is 2.90. The molecule has 2 aromatic rings. The van der Waals surface area contributed by atoms with Crippen molar-refractivity contribution in [3.63, 3.8) is 0 Å². The van der Waals surface area contributed by atoms with E-state index in [1.807, 2.05) is 35.0 Å². The summed E-state index contributed by atoms with van der Waals surface area (Å²) in [7, 11) is 0. The molecule has 4 heteroatoms. The number of nitrogens with zero attached hydrogens (tertiary/aromatic N) is 1. The number of carbonyl (C=O) groups is 1. The minimum atomic E-state index is -0.778. The van der Waals surface area contributed by atoms with Crippen LogP contribution in [-0.4, -0.2) is 22.2 Å². The maximum absolute atomic E-state index is 10.6. The lowest BCUT2D eigenvalue weighted by molar-refractivity contribution is -0.137. The van der Waals surface area contributed by atoms with Crippen molar-refractivity contribution in [2.75, 3.05) is 6.61 Å². The van der Waals surface area contributed by atoms with Gasteiger partial charge in [0.15, 0.2) is 0 Å². The zero-order valence-corrected chi connectivity index (χ0v) is 10.4. The molecule has 0 fully saturated rings. The second-order valence-electron chi connectivity index (χ2n) is 4.22. The Morgan fingerprint density at radius 2 is 2.22 bits per heavy atom. The predicted molar refractivity (Wildman–Crippen MR) is 70.0 cm³/mol. The SMILES string of the molecule is CCCOc1ccc2c(ccn2CCC(=O)O)c1. The van der Waals surface area contributed by atoms with E-state index in [1.54, 1.807) is 0 Å². The average Bonchev–Trinajstić information content (AvgIpc) is 2.76. The topological polar surface area (TPSA) is 51.5 Å². The Hall–Kier alpha value is -1.97. The molecule has 0 spiro atoms. The monoisotopic (exact) mass is 247 g/mol. The summed E-state index contributed by atoms with van der Waals surface area (Å²) in [5.74, 6) is 0.0834. The summed E-state index contributed by atoms with van der Waals surface area (Å²) in [6.45, 7) is 3.28. The van der Waals surface area contributed by atoms with Gasteiger partial charge in [-0.2, -0.15) is 0 Å². The van der Waals surface area contributed by atoms with Crippen LogP contribution < -0.4 is 4.74 Å². The van der Waals surface area contributed by atoms with Gasteiger partial charge in [-0.25, -0.2) is 0 Å². The molecule has 18 heavy (non-hydrogen) atoms. The Morgan fingerprint density at radius 1 is 1.39 bits per heavy atom. The number of rotatable bonds is 6. The van der Waals surface area contributed by atoms with Crippen molar-refractivity contribution >= 4 is 16.9 Å². The highest BCUT2D eigenvalue weighted by molar-refractivity contribution is 5.81. The number of aliphatic carboxylic acids is 1. The third kappa shape index (κ3) is 2.83. The first-order valence-corrected chi connectivity index (χ1v) is 6.14. The molecule has 1 aromatic carbocycles. The number of hydrogen-bond acceptors (Lipinski definition) is 2. The molecule has 0 unspecified atom stereocenters. The number of aromatic nitrogens is 1. The van der Waals surface area contributed by atoms with Crippen LogP contribution in [0.3, 0.4) is 0 Å². The van der Waals surface area contributed by atoms with Gasteiger partial charge < -0.3 is 14.4 Å². The fraction of sp³-hybridized carbons (Fsp3) is 0.357. The molecule has 1 heterocycles. The quantitative estimate of drug-likeness (QED) is 0.853. The summed E-state index contributed by atoms with van der Waals surface area (Å²) in [5.41, 5.74) is 1.04. The van der Waals surface area contributed by atoms with Crippen LogP contribution in [0.25, 0.3) is 10.9 Å². The molecule has 0 atom stereocenters. The highest BCUT2D eigenvalue weighted by atomic mass is 16.5. The van der Waals surface area contributed by atoms with E-state index in [2.05, 4.69) is 6.92 Å². The number of ether oxygens (including phenoxy) is 1. The largest absolute Gasteiger partial charge is 0.494 e. The summed E-state index contributed by atoms with van der Waals surface area (Å²) >= 11 is 0. The molecule has 1 aromatic heterocycles. The fourth-order valence-corrected chi connectivity index (χ4v) is 1.90. The summed E-state index contributed by atoms with van der Waals surface area (Å²) in [4.78, 5) is 10.6. The summed E-state index contributed by atoms with van der Waals surface area (Å²) < 4.78 is 7.52. The van der Waals surface area contributed by atoms with Gasteiger partial charge in [0.2, 0.25) is 0 Å². The highest BCUT2D eigenvalue weighted by Gasteiger charge is 2.04. The van der Waals surface area contributed by atoms with E-state index in [-0.39, 0.29) is 6.42 Å². The molecule has 4 nitrogen and oxygen atoms in total. The van der Waals surface area contributed by atoms with E-state index < -0.39 is 5.97 Å². The van der Waals surface area contributed by atoms with Crippen LogP contribution in [-0.2, 0) is 11.3 Å². The van der Waals surface area contributed by atoms with Gasteiger partial charge in [0.05, 0.1) is 13.0 Å². The summed E-state index contributed by atoms with van der Waals surface area (Å²) in [6, 6.07) is 7.87. The smallest absolute Gasteiger partial charge is 0.305 e. The number of hydrogen-bond donors (Lipinski definition) is 1. The maximum atomic E-state index is 10.6. The summed E-state index contributed by atoms with van der Waals surface area (Å²) in [6.07, 6.45) is 3.03. The maximum Gasteiger partial charge on any atom is 0.305 e. The van der Waals surface area contributed by atoms with Crippen LogP contribution in [0.15, 0.2) is 30.5 Å². The number of carboxylic acid groups (broad SMARTS) is 1. The molecule has 0 amide bonds. The molecule has 1 N–H and O–H groups in total. The molecular weight excluding hydrogens is 230 g/mol. The van der Waals surface area contributed by atoms with Gasteiger partial charge in [-0.1, -0.05) is 6.92 Å². The fourth-order valence-electron chi connectivity index (χ4n) is 1.90. The number of benzene rings is 1. The lowest BCUT2D eigenvalue weighted by Crippen LogP contribution is -2.03. The van der Waals surface area contributed by atoms with Gasteiger partial charge in [0.1, 0.15) is 5.75 Å². The number of carboxylic acids is 1. The van der Waals surface area contributed by atoms with Gasteiger partial charge in [0.25, 0.3) is 0 Å². The van der Waals surface area contributed by atoms with Gasteiger partial charge in [-0.3, -0.25) is 4.79 Å². The molecule has 0 aliphatic heterocycles. The average molecular weight is 247 g/mol. The first-order valence-electron chi connectivity index (χ1n) is 6.14. The second-order valence-corrected chi connectivity index (χ2v) is 4.22. The molecule has 0 radical (unpaired) electrons. The summed E-state index contributed by atoms with van der Waals surface area (Å²) in [5, 5.41) is 9.77. The third-order valence-corrected chi connectivity index (χ3v) is 2.78. The standard InChI is InChI=1S/C14H17NO3/c1-2-9-18-12-3-4-13-11(10-12)5-7-15(13)8-6-14(16)17/h3-5,7,10H,2,6,8-9H2,1H3,(H,16,17). The van der Waals surface area contributed by atoms with Crippen LogP contribution in [0.1, 0.15) is 19.8 Å². The Bertz CT molecular complexity index is 545. The second kappa shape index (κ2) is 5.58. The van der Waals surface area contributed by atoms with Crippen molar-refractivity contribution in [3.05, 3.63) is 30.5 Å². The Balaban J connectivity index is 2.18. The van der Waals surface area contributed by atoms with E-state index in [1.165, 1.54) is 0 Å². The van der Waals surface area contributed by atoms with Crippen LogP contribution in [0.4, 0.5) is 0 Å². The van der Waals surface area contributed by atoms with E-state index in [4.69, 9.17) is 9.84 Å². The van der Waals surface area contributed by atoms with Gasteiger partial charge in [-0.15, -0.1) is 0 Å². The van der Waals surface area contributed by atoms with Gasteiger partial charge in [-0.05, 0) is 30.7 Å². The number of aryl methyl sites for hydroxylation is 1. The molecule has 0 bridgehead atoms. The van der Waals surface area contributed by atoms with Crippen molar-refractivity contribution in [2.24, 2.45) is 0 Å². The van der Waals surface area contributed by atoms with E-state index in [0.29, 0.717) is 13.2 Å². The van der Waals surface area contributed by atoms with E-state index in [9.17, 15) is 4.79 Å². The lowest BCUT2D eigenvalue weighted by atomic mass is 10.2. The molecule has 0 aliphatic carbocycles. The molecule has 0 saturated heterocycles. The van der Waals surface area contributed by atoms with Crippen LogP contribution >= 0.6 is 0 Å². The van der Waals surface area contributed by atoms with Crippen LogP contribution in [0, 0.1) is 0 Å². The van der Waals surface area contributed by atoms with Crippen molar-refractivity contribution in [3.8, 4) is 5.75 Å². The normalized spacial score (nSPS) is 10.7. The van der Waals surface area contributed by atoms with Crippen LogP contribution in [0.5, 0.6) is 5.75 Å². The zero-order valence-electron chi connectivity index (χ0n) is 10.4. The van der Waals surface area contributed by atoms with Crippen molar-refractivity contribution in [1.29, 1.82) is 0 Å². The van der Waals surface area contributed by atoms with E-state index in [0.717, 1.165) is 23.1 Å². The van der Waals surface area contributed by atoms with Crippen molar-refractivity contribution in [1.82, 2.24) is 4.57 Å². The molecule has 0 aliphatic rings. The first-order chi connectivity index (χ1) is 8.70. The first kappa shape index (κ1) is 12.5. The third-order valence-electron chi connectivity index (χ3n) is 2.78. The van der Waals surface area contributed by atoms with Gasteiger partial charge >= 0.3 is 5.97 Å². The van der Waals surface area contributed by atoms with E-state index >= 15 is 0 Å². The highest BCUT2D eigenvalue weighted by Crippen LogP contribution is 2.22. The number of fused-ring (bicyclic) bond motifs is 1. The minimum Gasteiger partial charge on any atom is -0.494 e. The molecular formula is C14H17NO3. The zero-order chi connectivity index (χ0) is 13.0. The minimum absolute atomic E-state index is 0.137.